The summed E-state index contributed by atoms with van der Waals surface area (Å²) in [5, 5.41) is 0. The van der Waals surface area contributed by atoms with Gasteiger partial charge in [-0.2, -0.15) is 0 Å². The maximum atomic E-state index is 12.6. The van der Waals surface area contributed by atoms with Crippen molar-refractivity contribution in [1.82, 2.24) is 14.9 Å². The van der Waals surface area contributed by atoms with Crippen molar-refractivity contribution < 1.29 is 9.53 Å². The van der Waals surface area contributed by atoms with Crippen LogP contribution in [0.2, 0.25) is 0 Å². The highest BCUT2D eigenvalue weighted by atomic mass is 16.5. The Kier molecular flexibility index (Phi) is 6.66. The Labute approximate surface area is 170 Å². The molecule has 2 aromatic heterocycles. The molecule has 1 atom stereocenters. The molecular weight excluding hydrogens is 370 g/mol. The summed E-state index contributed by atoms with van der Waals surface area (Å²) in [7, 11) is 1.57. The van der Waals surface area contributed by atoms with E-state index in [0.717, 1.165) is 17.5 Å². The Bertz CT molecular complexity index is 940. The third-order valence-corrected chi connectivity index (χ3v) is 5.12. The molecule has 0 aliphatic carbocycles. The number of likely N-dealkylation sites (N-methyl/N-ethyl adjacent to an activating group) is 1. The Morgan fingerprint density at radius 1 is 1.45 bits per heavy atom. The van der Waals surface area contributed by atoms with Gasteiger partial charge in [-0.15, -0.1) is 0 Å². The van der Waals surface area contributed by atoms with Crippen LogP contribution in [0.5, 0.6) is 5.88 Å². The van der Waals surface area contributed by atoms with E-state index in [1.807, 2.05) is 25.1 Å². The van der Waals surface area contributed by atoms with Gasteiger partial charge in [0.2, 0.25) is 11.8 Å². The minimum atomic E-state index is -0.149. The SMILES string of the molecule is CCN(c1cc(-c2ccnc(OC)c2)c[nH]c1=O)[C@H]1CCN(C(=O)/C=C/CN)C1. The predicted molar refractivity (Wildman–Crippen MR) is 113 cm³/mol. The van der Waals surface area contributed by atoms with E-state index in [1.165, 1.54) is 6.08 Å². The average Bonchev–Trinajstić information content (AvgIpc) is 3.24. The van der Waals surface area contributed by atoms with E-state index in [9.17, 15) is 9.59 Å². The van der Waals surface area contributed by atoms with Crippen molar-refractivity contribution in [2.24, 2.45) is 5.73 Å². The lowest BCUT2D eigenvalue weighted by molar-refractivity contribution is -0.125. The highest BCUT2D eigenvalue weighted by Crippen LogP contribution is 2.26. The van der Waals surface area contributed by atoms with Crippen molar-refractivity contribution in [1.29, 1.82) is 0 Å². The number of nitrogens with one attached hydrogen (secondary N) is 1. The van der Waals surface area contributed by atoms with Gasteiger partial charge < -0.3 is 25.3 Å². The normalized spacial score (nSPS) is 16.4. The van der Waals surface area contributed by atoms with Gasteiger partial charge in [-0.05, 0) is 31.0 Å². The molecule has 1 saturated heterocycles. The molecule has 0 saturated carbocycles. The van der Waals surface area contributed by atoms with Gasteiger partial charge in [0.1, 0.15) is 5.69 Å². The fraction of sp³-hybridized carbons (Fsp3) is 0.381. The molecule has 3 rings (SSSR count). The number of aromatic amines is 1. The topological polar surface area (TPSA) is 105 Å². The summed E-state index contributed by atoms with van der Waals surface area (Å²) in [4.78, 5) is 35.7. The second-order valence-electron chi connectivity index (χ2n) is 6.84. The van der Waals surface area contributed by atoms with Crippen LogP contribution in [0.15, 0.2) is 47.5 Å². The molecule has 0 bridgehead atoms. The maximum absolute atomic E-state index is 12.6. The van der Waals surface area contributed by atoms with E-state index in [1.54, 1.807) is 30.5 Å². The minimum Gasteiger partial charge on any atom is -0.481 e. The first-order valence-electron chi connectivity index (χ1n) is 9.72. The van der Waals surface area contributed by atoms with Crippen molar-refractivity contribution >= 4 is 11.6 Å². The zero-order chi connectivity index (χ0) is 20.8. The number of nitrogens with zero attached hydrogens (tertiary/aromatic N) is 3. The molecule has 3 N–H and O–H groups in total. The van der Waals surface area contributed by atoms with Crippen molar-refractivity contribution in [3.63, 3.8) is 0 Å². The summed E-state index contributed by atoms with van der Waals surface area (Å²) in [6, 6.07) is 5.66. The quantitative estimate of drug-likeness (QED) is 0.684. The van der Waals surface area contributed by atoms with E-state index < -0.39 is 0 Å². The van der Waals surface area contributed by atoms with Gasteiger partial charge in [0.25, 0.3) is 5.56 Å². The molecule has 1 aliphatic heterocycles. The number of H-pyrrole nitrogens is 1. The molecule has 0 aromatic carbocycles. The number of hydrogen-bond acceptors (Lipinski definition) is 6. The number of pyridine rings is 2. The van der Waals surface area contributed by atoms with Crippen molar-refractivity contribution in [3.05, 3.63) is 53.1 Å². The summed E-state index contributed by atoms with van der Waals surface area (Å²) in [5.74, 6) is 0.471. The number of hydrogen-bond donors (Lipinski definition) is 2. The van der Waals surface area contributed by atoms with Crippen molar-refractivity contribution in [3.8, 4) is 17.0 Å². The summed E-state index contributed by atoms with van der Waals surface area (Å²) in [5.41, 5.74) is 7.65. The lowest BCUT2D eigenvalue weighted by Crippen LogP contribution is -2.41. The standard InChI is InChI=1S/C21H27N5O3/c1-3-26(17-7-10-25(14-17)20(27)5-4-8-22)18-11-16(13-24-21(18)28)15-6-9-23-19(12-15)29-2/h4-6,9,11-13,17H,3,7-8,10,14,22H2,1-2H3,(H,24,28)/b5-4+/t17-/m0/s1. The van der Waals surface area contributed by atoms with Crippen LogP contribution in [-0.2, 0) is 4.79 Å². The number of amides is 1. The van der Waals surface area contributed by atoms with E-state index in [0.29, 0.717) is 37.7 Å². The Morgan fingerprint density at radius 2 is 2.28 bits per heavy atom. The van der Waals surface area contributed by atoms with Crippen LogP contribution in [-0.4, -0.2) is 60.1 Å². The van der Waals surface area contributed by atoms with Crippen molar-refractivity contribution in [2.75, 3.05) is 38.2 Å². The van der Waals surface area contributed by atoms with Crippen LogP contribution in [0, 0.1) is 0 Å². The van der Waals surface area contributed by atoms with Gasteiger partial charge >= 0.3 is 0 Å². The second kappa shape index (κ2) is 9.38. The minimum absolute atomic E-state index is 0.0412. The lowest BCUT2D eigenvalue weighted by Gasteiger charge is -2.29. The monoisotopic (exact) mass is 397 g/mol. The maximum Gasteiger partial charge on any atom is 0.271 e. The molecule has 2 aromatic rings. The van der Waals surface area contributed by atoms with Crippen LogP contribution in [0.3, 0.4) is 0 Å². The molecule has 29 heavy (non-hydrogen) atoms. The first-order valence-corrected chi connectivity index (χ1v) is 9.72. The van der Waals surface area contributed by atoms with Gasteiger partial charge in [-0.3, -0.25) is 9.59 Å². The largest absolute Gasteiger partial charge is 0.481 e. The van der Waals surface area contributed by atoms with E-state index in [4.69, 9.17) is 10.5 Å². The lowest BCUT2D eigenvalue weighted by atomic mass is 10.1. The number of aromatic nitrogens is 2. The van der Waals surface area contributed by atoms with Gasteiger partial charge in [0.05, 0.1) is 7.11 Å². The summed E-state index contributed by atoms with van der Waals surface area (Å²) >= 11 is 0. The zero-order valence-electron chi connectivity index (χ0n) is 16.8. The Morgan fingerprint density at radius 3 is 3.00 bits per heavy atom. The fourth-order valence-electron chi connectivity index (χ4n) is 3.65. The van der Waals surface area contributed by atoms with Crippen LogP contribution < -0.4 is 20.9 Å². The van der Waals surface area contributed by atoms with Gasteiger partial charge in [0.15, 0.2) is 0 Å². The number of carbonyl (C=O) groups excluding carboxylic acids is 1. The molecule has 8 nitrogen and oxygen atoms in total. The molecule has 0 spiro atoms. The summed E-state index contributed by atoms with van der Waals surface area (Å²) in [6.07, 6.45) is 7.35. The van der Waals surface area contributed by atoms with Crippen LogP contribution in [0.25, 0.3) is 11.1 Å². The van der Waals surface area contributed by atoms with Crippen molar-refractivity contribution in [2.45, 2.75) is 19.4 Å². The molecular formula is C21H27N5O3. The smallest absolute Gasteiger partial charge is 0.271 e. The van der Waals surface area contributed by atoms with Crippen LogP contribution in [0.1, 0.15) is 13.3 Å². The molecule has 154 valence electrons. The third-order valence-electron chi connectivity index (χ3n) is 5.12. The predicted octanol–water partition coefficient (Wildman–Crippen LogP) is 1.39. The molecule has 0 radical (unpaired) electrons. The van der Waals surface area contributed by atoms with Crippen LogP contribution >= 0.6 is 0 Å². The van der Waals surface area contributed by atoms with Gasteiger partial charge in [0, 0.05) is 62.3 Å². The molecule has 3 heterocycles. The van der Waals surface area contributed by atoms with E-state index >= 15 is 0 Å². The van der Waals surface area contributed by atoms with Gasteiger partial charge in [-0.25, -0.2) is 4.98 Å². The number of ether oxygens (including phenoxy) is 1. The van der Waals surface area contributed by atoms with Crippen LogP contribution in [0.4, 0.5) is 5.69 Å². The third kappa shape index (κ3) is 4.65. The fourth-order valence-corrected chi connectivity index (χ4v) is 3.65. The molecule has 1 aliphatic rings. The number of likely N-dealkylation sites (tertiary alicyclic amines) is 1. The van der Waals surface area contributed by atoms with E-state index in [-0.39, 0.29) is 17.5 Å². The number of rotatable bonds is 7. The molecule has 8 heteroatoms. The number of nitrogens with two attached hydrogens (primary N) is 1. The second-order valence-corrected chi connectivity index (χ2v) is 6.84. The summed E-state index contributed by atoms with van der Waals surface area (Å²) in [6.45, 7) is 4.26. The highest BCUT2D eigenvalue weighted by molar-refractivity contribution is 5.88. The first-order chi connectivity index (χ1) is 14.1. The Balaban J connectivity index is 1.85. The first kappa shape index (κ1) is 20.6. The molecule has 1 fully saturated rings. The Hall–Kier alpha value is -3.13. The van der Waals surface area contributed by atoms with E-state index in [2.05, 4.69) is 14.9 Å². The molecule has 0 unspecified atom stereocenters. The van der Waals surface area contributed by atoms with Gasteiger partial charge in [-0.1, -0.05) is 6.08 Å². The summed E-state index contributed by atoms with van der Waals surface area (Å²) < 4.78 is 5.20. The zero-order valence-corrected chi connectivity index (χ0v) is 16.8. The average molecular weight is 397 g/mol. The molecule has 1 amide bonds. The number of anilines is 1. The number of methoxy groups -OCH3 is 1. The number of carbonyl (C=O) groups is 1. The highest BCUT2D eigenvalue weighted by Gasteiger charge is 2.30.